The summed E-state index contributed by atoms with van der Waals surface area (Å²) in [7, 11) is 0. The number of rotatable bonds is 7. The molecule has 0 aliphatic rings. The second-order valence-electron chi connectivity index (χ2n) is 9.43. The molecule has 190 valence electrons. The summed E-state index contributed by atoms with van der Waals surface area (Å²) in [6, 6.07) is 24.4. The number of aryl methyl sites for hydroxylation is 3. The Balaban J connectivity index is 1.38. The van der Waals surface area contributed by atoms with Gasteiger partial charge in [-0.25, -0.2) is 0 Å². The molecule has 3 aromatic carbocycles. The van der Waals surface area contributed by atoms with Gasteiger partial charge in [-0.1, -0.05) is 47.6 Å². The first-order valence-electron chi connectivity index (χ1n) is 12.3. The van der Waals surface area contributed by atoms with E-state index in [1.165, 1.54) is 0 Å². The average molecular weight is 506 g/mol. The molecule has 2 unspecified atom stereocenters. The third-order valence-corrected chi connectivity index (χ3v) is 6.74. The first kappa shape index (κ1) is 25.0. The van der Waals surface area contributed by atoms with Crippen LogP contribution in [0, 0.1) is 32.1 Å². The number of aliphatic hydroxyl groups is 1. The summed E-state index contributed by atoms with van der Waals surface area (Å²) in [5.74, 6) is 0.788. The Hall–Kier alpha value is -4.67. The number of aliphatic hydroxyl groups excluding tert-OH is 1. The van der Waals surface area contributed by atoms with Gasteiger partial charge in [-0.3, -0.25) is 4.79 Å². The van der Waals surface area contributed by atoms with E-state index in [0.717, 1.165) is 27.6 Å². The van der Waals surface area contributed by atoms with Crippen molar-refractivity contribution in [1.82, 2.24) is 10.5 Å². The third kappa shape index (κ3) is 4.95. The zero-order valence-corrected chi connectivity index (χ0v) is 21.4. The van der Waals surface area contributed by atoms with Crippen molar-refractivity contribution in [3.63, 3.8) is 0 Å². The van der Waals surface area contributed by atoms with Crippen molar-refractivity contribution in [3.8, 4) is 6.07 Å². The van der Waals surface area contributed by atoms with Crippen molar-refractivity contribution in [2.24, 2.45) is 0 Å². The number of nitrogens with one attached hydrogen (secondary N) is 1. The molecule has 1 amide bonds. The maximum Gasteiger partial charge on any atom is 0.225 e. The molecule has 5 rings (SSSR count). The summed E-state index contributed by atoms with van der Waals surface area (Å²) in [6.07, 6.45) is -0.829. The number of hydrogen-bond acceptors (Lipinski definition) is 6. The second kappa shape index (κ2) is 10.4. The molecular weight excluding hydrogens is 478 g/mol. The average Bonchev–Trinajstić information content (AvgIpc) is 3.49. The fourth-order valence-corrected chi connectivity index (χ4v) is 4.83. The van der Waals surface area contributed by atoms with Crippen LogP contribution in [0.2, 0.25) is 0 Å². The molecule has 0 radical (unpaired) electrons. The zero-order chi connectivity index (χ0) is 26.8. The third-order valence-electron chi connectivity index (χ3n) is 6.74. The van der Waals surface area contributed by atoms with E-state index in [-0.39, 0.29) is 18.4 Å². The van der Waals surface area contributed by atoms with Gasteiger partial charge in [0.25, 0.3) is 0 Å². The number of benzene rings is 3. The van der Waals surface area contributed by atoms with E-state index >= 15 is 0 Å². The normalized spacial score (nSPS) is 12.7. The van der Waals surface area contributed by atoms with Gasteiger partial charge in [0, 0.05) is 5.39 Å². The monoisotopic (exact) mass is 505 g/mol. The predicted octanol–water partition coefficient (Wildman–Crippen LogP) is 5.75. The minimum absolute atomic E-state index is 0.138. The van der Waals surface area contributed by atoms with Crippen LogP contribution in [0.25, 0.3) is 11.0 Å². The minimum atomic E-state index is -0.998. The first-order valence-corrected chi connectivity index (χ1v) is 12.3. The Kier molecular flexibility index (Phi) is 6.82. The molecule has 2 N–H and O–H groups in total. The van der Waals surface area contributed by atoms with Crippen molar-refractivity contribution in [2.45, 2.75) is 39.3 Å². The number of carbonyl (C=O) groups is 1. The molecular formula is C31H27N3O4. The van der Waals surface area contributed by atoms with Crippen LogP contribution in [-0.4, -0.2) is 16.2 Å². The molecule has 0 bridgehead atoms. The number of furan rings is 1. The van der Waals surface area contributed by atoms with Crippen LogP contribution in [0.4, 0.5) is 0 Å². The van der Waals surface area contributed by atoms with Gasteiger partial charge in [0.15, 0.2) is 0 Å². The number of amides is 1. The number of fused-ring (bicyclic) bond motifs is 1. The van der Waals surface area contributed by atoms with Gasteiger partial charge in [0.05, 0.1) is 35.4 Å². The summed E-state index contributed by atoms with van der Waals surface area (Å²) in [5.41, 5.74) is 6.04. The van der Waals surface area contributed by atoms with Gasteiger partial charge in [-0.15, -0.1) is 0 Å². The van der Waals surface area contributed by atoms with Crippen molar-refractivity contribution in [2.75, 3.05) is 0 Å². The van der Waals surface area contributed by atoms with Crippen LogP contribution in [0.15, 0.2) is 81.7 Å². The number of aromatic nitrogens is 1. The molecule has 0 aliphatic heterocycles. The number of hydrogen-bond donors (Lipinski definition) is 2. The Labute approximate surface area is 220 Å². The second-order valence-corrected chi connectivity index (χ2v) is 9.43. The van der Waals surface area contributed by atoms with E-state index in [9.17, 15) is 15.2 Å². The highest BCUT2D eigenvalue weighted by atomic mass is 16.5. The van der Waals surface area contributed by atoms with Crippen LogP contribution in [0.1, 0.15) is 62.7 Å². The Bertz CT molecular complexity index is 1640. The Morgan fingerprint density at radius 1 is 1.05 bits per heavy atom. The summed E-state index contributed by atoms with van der Waals surface area (Å²) in [6.45, 7) is 5.47. The van der Waals surface area contributed by atoms with Crippen LogP contribution >= 0.6 is 0 Å². The van der Waals surface area contributed by atoms with E-state index in [1.54, 1.807) is 32.0 Å². The number of nitriles is 1. The van der Waals surface area contributed by atoms with Crippen molar-refractivity contribution in [1.29, 1.82) is 5.26 Å². The topological polar surface area (TPSA) is 112 Å². The zero-order valence-electron chi connectivity index (χ0n) is 21.4. The lowest BCUT2D eigenvalue weighted by Gasteiger charge is -2.22. The highest BCUT2D eigenvalue weighted by Gasteiger charge is 2.24. The Morgan fingerprint density at radius 3 is 2.53 bits per heavy atom. The molecule has 2 aromatic heterocycles. The molecule has 38 heavy (non-hydrogen) atoms. The smallest absolute Gasteiger partial charge is 0.225 e. The maximum absolute atomic E-state index is 13.2. The van der Waals surface area contributed by atoms with Gasteiger partial charge >= 0.3 is 0 Å². The Morgan fingerprint density at radius 2 is 1.84 bits per heavy atom. The molecule has 7 heteroatoms. The fraction of sp³-hybridized carbons (Fsp3) is 0.194. The standard InChI is InChI=1S/C31H27N3O4/c1-18-13-22(17-32)9-11-25(18)30(23-7-5-4-6-8-23)33-28(35)15-21-10-12-26-24(14-21)16-27(37-26)31(36)29-19(2)34-38-20(29)3/h4-14,16,30-31,36H,15H2,1-3H3,(H,33,35). The quantitative estimate of drug-likeness (QED) is 0.291. The van der Waals surface area contributed by atoms with Crippen LogP contribution in [-0.2, 0) is 11.2 Å². The van der Waals surface area contributed by atoms with E-state index in [1.807, 2.05) is 61.5 Å². The van der Waals surface area contributed by atoms with Gasteiger partial charge in [0.1, 0.15) is 23.2 Å². The summed E-state index contributed by atoms with van der Waals surface area (Å²) < 4.78 is 11.1. The van der Waals surface area contributed by atoms with Crippen LogP contribution in [0.3, 0.4) is 0 Å². The molecule has 0 saturated carbocycles. The maximum atomic E-state index is 13.2. The molecule has 2 heterocycles. The van der Waals surface area contributed by atoms with Crippen molar-refractivity contribution >= 4 is 16.9 Å². The number of nitrogens with zero attached hydrogens (tertiary/aromatic N) is 2. The molecule has 5 aromatic rings. The molecule has 0 fully saturated rings. The van der Waals surface area contributed by atoms with Gasteiger partial charge < -0.3 is 19.4 Å². The molecule has 0 saturated heterocycles. The lowest BCUT2D eigenvalue weighted by atomic mass is 9.93. The lowest BCUT2D eigenvalue weighted by Crippen LogP contribution is -2.31. The summed E-state index contributed by atoms with van der Waals surface area (Å²) in [4.78, 5) is 13.2. The predicted molar refractivity (Wildman–Crippen MR) is 142 cm³/mol. The molecule has 2 atom stereocenters. The van der Waals surface area contributed by atoms with Crippen molar-refractivity contribution < 1.29 is 18.8 Å². The largest absolute Gasteiger partial charge is 0.458 e. The highest BCUT2D eigenvalue weighted by Crippen LogP contribution is 2.32. The number of carbonyl (C=O) groups excluding carboxylic acids is 1. The van der Waals surface area contributed by atoms with E-state index < -0.39 is 6.10 Å². The van der Waals surface area contributed by atoms with Gasteiger partial charge in [0.2, 0.25) is 5.91 Å². The van der Waals surface area contributed by atoms with Gasteiger partial charge in [-0.05, 0) is 73.4 Å². The summed E-state index contributed by atoms with van der Waals surface area (Å²) in [5, 5.41) is 28.0. The SMILES string of the molecule is Cc1cc(C#N)ccc1C(NC(=O)Cc1ccc2oc(C(O)c3c(C)noc3C)cc2c1)c1ccccc1. The van der Waals surface area contributed by atoms with Gasteiger partial charge in [-0.2, -0.15) is 5.26 Å². The highest BCUT2D eigenvalue weighted by molar-refractivity contribution is 5.83. The molecule has 0 aliphatic carbocycles. The minimum Gasteiger partial charge on any atom is -0.458 e. The lowest BCUT2D eigenvalue weighted by molar-refractivity contribution is -0.120. The fourth-order valence-electron chi connectivity index (χ4n) is 4.83. The summed E-state index contributed by atoms with van der Waals surface area (Å²) >= 11 is 0. The molecule has 7 nitrogen and oxygen atoms in total. The van der Waals surface area contributed by atoms with E-state index in [4.69, 9.17) is 8.94 Å². The van der Waals surface area contributed by atoms with E-state index in [2.05, 4.69) is 16.5 Å². The molecule has 0 spiro atoms. The van der Waals surface area contributed by atoms with Crippen LogP contribution < -0.4 is 5.32 Å². The first-order chi connectivity index (χ1) is 18.3. The van der Waals surface area contributed by atoms with E-state index in [0.29, 0.717) is 33.9 Å². The van der Waals surface area contributed by atoms with Crippen molar-refractivity contribution in [3.05, 3.63) is 123 Å². The van der Waals surface area contributed by atoms with Crippen LogP contribution in [0.5, 0.6) is 0 Å².